The van der Waals surface area contributed by atoms with Crippen molar-refractivity contribution in [1.29, 1.82) is 0 Å². The number of aldehydes is 1. The highest BCUT2D eigenvalue weighted by Gasteiger charge is 2.17. The zero-order valence-corrected chi connectivity index (χ0v) is 11.5. The molecule has 0 aliphatic rings. The number of hydrogen-bond acceptors (Lipinski definition) is 2. The largest absolute Gasteiger partial charge is 0.296 e. The van der Waals surface area contributed by atoms with Crippen LogP contribution in [0.5, 0.6) is 0 Å². The lowest BCUT2D eigenvalue weighted by molar-refractivity contribution is 0.111. The number of para-hydroxylation sites is 1. The average molecular weight is 283 g/mol. The predicted octanol–water partition coefficient (Wildman–Crippen LogP) is 4.12. The Morgan fingerprint density at radius 2 is 1.89 bits per heavy atom. The Labute approximate surface area is 115 Å². The summed E-state index contributed by atoms with van der Waals surface area (Å²) in [5.41, 5.74) is 1.90. The standard InChI is InChI=1S/C13H12Cl2N2O/c1-8(2)9-6-16-17(12(9)7-18)13-10(14)4-3-5-11(13)15/h3-8H,1-2H3. The van der Waals surface area contributed by atoms with E-state index in [2.05, 4.69) is 5.10 Å². The zero-order chi connectivity index (χ0) is 13.3. The quantitative estimate of drug-likeness (QED) is 0.794. The zero-order valence-electron chi connectivity index (χ0n) is 10.0. The van der Waals surface area contributed by atoms with Crippen LogP contribution in [0.25, 0.3) is 5.69 Å². The van der Waals surface area contributed by atoms with E-state index in [0.717, 1.165) is 11.8 Å². The molecule has 0 fully saturated rings. The number of carbonyl (C=O) groups excluding carboxylic acids is 1. The molecule has 0 aliphatic carbocycles. The smallest absolute Gasteiger partial charge is 0.168 e. The second-order valence-electron chi connectivity index (χ2n) is 4.24. The Kier molecular flexibility index (Phi) is 3.73. The van der Waals surface area contributed by atoms with Crippen molar-refractivity contribution >= 4 is 29.5 Å². The van der Waals surface area contributed by atoms with Gasteiger partial charge in [-0.15, -0.1) is 0 Å². The van der Waals surface area contributed by atoms with E-state index < -0.39 is 0 Å². The summed E-state index contributed by atoms with van der Waals surface area (Å²) in [6.45, 7) is 4.01. The summed E-state index contributed by atoms with van der Waals surface area (Å²) >= 11 is 12.2. The van der Waals surface area contributed by atoms with E-state index >= 15 is 0 Å². The highest BCUT2D eigenvalue weighted by molar-refractivity contribution is 6.37. The van der Waals surface area contributed by atoms with Crippen LogP contribution < -0.4 is 0 Å². The summed E-state index contributed by atoms with van der Waals surface area (Å²) in [7, 11) is 0. The number of aromatic nitrogens is 2. The molecule has 2 rings (SSSR count). The third-order valence-corrected chi connectivity index (χ3v) is 3.33. The van der Waals surface area contributed by atoms with Crippen molar-refractivity contribution in [2.75, 3.05) is 0 Å². The molecule has 3 nitrogen and oxygen atoms in total. The summed E-state index contributed by atoms with van der Waals surface area (Å²) < 4.78 is 1.49. The molecule has 0 aliphatic heterocycles. The van der Waals surface area contributed by atoms with Gasteiger partial charge in [-0.2, -0.15) is 5.10 Å². The summed E-state index contributed by atoms with van der Waals surface area (Å²) in [5.74, 6) is 0.209. The van der Waals surface area contributed by atoms with Gasteiger partial charge in [0, 0.05) is 5.56 Å². The first-order valence-electron chi connectivity index (χ1n) is 5.53. The molecule has 0 amide bonds. The molecule has 5 heteroatoms. The summed E-state index contributed by atoms with van der Waals surface area (Å²) in [6, 6.07) is 5.18. The number of rotatable bonds is 3. The lowest BCUT2D eigenvalue weighted by Crippen LogP contribution is -2.04. The number of benzene rings is 1. The first-order valence-corrected chi connectivity index (χ1v) is 6.29. The number of halogens is 2. The van der Waals surface area contributed by atoms with Gasteiger partial charge in [-0.05, 0) is 18.1 Å². The van der Waals surface area contributed by atoms with Crippen LogP contribution in [0.4, 0.5) is 0 Å². The maximum absolute atomic E-state index is 11.3. The topological polar surface area (TPSA) is 34.9 Å². The fourth-order valence-corrected chi connectivity index (χ4v) is 2.36. The maximum atomic E-state index is 11.3. The van der Waals surface area contributed by atoms with Gasteiger partial charge in [-0.3, -0.25) is 4.79 Å². The van der Waals surface area contributed by atoms with Crippen LogP contribution in [0.3, 0.4) is 0 Å². The third kappa shape index (κ3) is 2.16. The van der Waals surface area contributed by atoms with Crippen molar-refractivity contribution < 1.29 is 4.79 Å². The Bertz CT molecular complexity index is 570. The molecule has 0 unspecified atom stereocenters. The van der Waals surface area contributed by atoms with Gasteiger partial charge in [-0.25, -0.2) is 4.68 Å². The third-order valence-electron chi connectivity index (χ3n) is 2.72. The van der Waals surface area contributed by atoms with E-state index in [9.17, 15) is 4.79 Å². The van der Waals surface area contributed by atoms with Crippen LogP contribution in [0.1, 0.15) is 35.8 Å². The van der Waals surface area contributed by atoms with Crippen LogP contribution in [-0.4, -0.2) is 16.1 Å². The lowest BCUT2D eigenvalue weighted by Gasteiger charge is -2.09. The van der Waals surface area contributed by atoms with Gasteiger partial charge in [0.1, 0.15) is 11.4 Å². The molecule has 1 aromatic heterocycles. The summed E-state index contributed by atoms with van der Waals surface area (Å²) in [6.07, 6.45) is 2.45. The minimum Gasteiger partial charge on any atom is -0.296 e. The molecule has 0 saturated carbocycles. The lowest BCUT2D eigenvalue weighted by atomic mass is 10.0. The number of nitrogens with zero attached hydrogens (tertiary/aromatic N) is 2. The Hall–Kier alpha value is -1.32. The van der Waals surface area contributed by atoms with Gasteiger partial charge in [0.05, 0.1) is 16.2 Å². The molecule has 1 heterocycles. The molecule has 0 radical (unpaired) electrons. The molecule has 1 aromatic carbocycles. The van der Waals surface area contributed by atoms with Gasteiger partial charge in [0.25, 0.3) is 0 Å². The van der Waals surface area contributed by atoms with E-state index in [0.29, 0.717) is 21.4 Å². The molecular weight excluding hydrogens is 271 g/mol. The minimum absolute atomic E-state index is 0.209. The molecule has 94 valence electrons. The molecule has 0 bridgehead atoms. The van der Waals surface area contributed by atoms with Gasteiger partial charge >= 0.3 is 0 Å². The van der Waals surface area contributed by atoms with Crippen molar-refractivity contribution in [3.05, 3.63) is 45.7 Å². The molecule has 2 aromatic rings. The van der Waals surface area contributed by atoms with Crippen molar-refractivity contribution in [1.82, 2.24) is 9.78 Å². The molecule has 0 N–H and O–H groups in total. The highest BCUT2D eigenvalue weighted by Crippen LogP contribution is 2.30. The fraction of sp³-hybridized carbons (Fsp3) is 0.231. The summed E-state index contributed by atoms with van der Waals surface area (Å²) in [4.78, 5) is 11.3. The molecular formula is C13H12Cl2N2O. The normalized spacial score (nSPS) is 10.9. The Balaban J connectivity index is 2.69. The van der Waals surface area contributed by atoms with Crippen molar-refractivity contribution in [2.24, 2.45) is 0 Å². The van der Waals surface area contributed by atoms with Crippen LogP contribution in [0, 0.1) is 0 Å². The second-order valence-corrected chi connectivity index (χ2v) is 5.05. The number of carbonyl (C=O) groups is 1. The summed E-state index contributed by atoms with van der Waals surface area (Å²) in [5, 5.41) is 5.14. The number of hydrogen-bond donors (Lipinski definition) is 0. The minimum atomic E-state index is 0.209. The Morgan fingerprint density at radius 1 is 1.28 bits per heavy atom. The van der Waals surface area contributed by atoms with Gasteiger partial charge in [-0.1, -0.05) is 43.1 Å². The van der Waals surface area contributed by atoms with E-state index in [1.807, 2.05) is 13.8 Å². The predicted molar refractivity (Wildman–Crippen MR) is 73.1 cm³/mol. The molecule has 0 atom stereocenters. The monoisotopic (exact) mass is 282 g/mol. The van der Waals surface area contributed by atoms with E-state index in [1.165, 1.54) is 4.68 Å². The first-order chi connectivity index (χ1) is 8.56. The van der Waals surface area contributed by atoms with Crippen molar-refractivity contribution in [3.8, 4) is 5.69 Å². The van der Waals surface area contributed by atoms with Crippen molar-refractivity contribution in [3.63, 3.8) is 0 Å². The average Bonchev–Trinajstić information content (AvgIpc) is 2.72. The van der Waals surface area contributed by atoms with Gasteiger partial charge < -0.3 is 0 Å². The first kappa shape index (κ1) is 13.1. The van der Waals surface area contributed by atoms with Crippen molar-refractivity contribution in [2.45, 2.75) is 19.8 Å². The van der Waals surface area contributed by atoms with Gasteiger partial charge in [0.2, 0.25) is 0 Å². The Morgan fingerprint density at radius 3 is 2.39 bits per heavy atom. The highest BCUT2D eigenvalue weighted by atomic mass is 35.5. The molecule has 0 saturated heterocycles. The fourth-order valence-electron chi connectivity index (χ4n) is 1.80. The van der Waals surface area contributed by atoms with Crippen LogP contribution in [0.15, 0.2) is 24.4 Å². The van der Waals surface area contributed by atoms with Crippen LogP contribution in [-0.2, 0) is 0 Å². The maximum Gasteiger partial charge on any atom is 0.168 e. The van der Waals surface area contributed by atoms with E-state index in [4.69, 9.17) is 23.2 Å². The van der Waals surface area contributed by atoms with E-state index in [1.54, 1.807) is 24.4 Å². The van der Waals surface area contributed by atoms with Gasteiger partial charge in [0.15, 0.2) is 6.29 Å². The molecule has 18 heavy (non-hydrogen) atoms. The molecule has 0 spiro atoms. The van der Waals surface area contributed by atoms with E-state index in [-0.39, 0.29) is 5.92 Å². The van der Waals surface area contributed by atoms with Crippen LogP contribution >= 0.6 is 23.2 Å². The SMILES string of the molecule is CC(C)c1cnn(-c2c(Cl)cccc2Cl)c1C=O. The second kappa shape index (κ2) is 5.12. The van der Waals surface area contributed by atoms with Crippen LogP contribution in [0.2, 0.25) is 10.0 Å².